The summed E-state index contributed by atoms with van der Waals surface area (Å²) >= 11 is 1.35. The zero-order valence-electron chi connectivity index (χ0n) is 13.3. The van der Waals surface area contributed by atoms with E-state index in [4.69, 9.17) is 0 Å². The van der Waals surface area contributed by atoms with Gasteiger partial charge in [0.1, 0.15) is 0 Å². The molecule has 0 fully saturated rings. The molecule has 3 radical (unpaired) electrons. The fourth-order valence-corrected chi connectivity index (χ4v) is 3.34. The van der Waals surface area contributed by atoms with Crippen molar-refractivity contribution in [3.8, 4) is 0 Å². The molecule has 0 saturated carbocycles. The van der Waals surface area contributed by atoms with E-state index in [0.29, 0.717) is 0 Å². The summed E-state index contributed by atoms with van der Waals surface area (Å²) in [4.78, 5) is 9.59. The number of carbonyl (C=O) groups is 1. The summed E-state index contributed by atoms with van der Waals surface area (Å²) in [5.74, 6) is -0.245. The van der Waals surface area contributed by atoms with Gasteiger partial charge in [-0.05, 0) is 58.4 Å². The van der Waals surface area contributed by atoms with Crippen LogP contribution in [0.5, 0.6) is 0 Å². The first-order chi connectivity index (χ1) is 11.2. The van der Waals surface area contributed by atoms with E-state index in [-0.39, 0.29) is 5.97 Å². The van der Waals surface area contributed by atoms with E-state index in [1.165, 1.54) is 71.0 Å². The SMILES string of the molecule is CC(=O)[O][Ge].c1ccc2c(c1)ccc1c3c(ccc12)CCCC3. The van der Waals surface area contributed by atoms with Crippen LogP contribution in [0.4, 0.5) is 0 Å². The standard InChI is InChI=1S/C18H16.C2H3GeO2/c1-3-7-15-13(5-1)9-11-18-16-8-4-2-6-14(16)10-12-17(15)18;1-2(4)5-3/h1,3,5,7,9-12H,2,4,6,8H2;1H3. The van der Waals surface area contributed by atoms with Crippen molar-refractivity contribution in [2.24, 2.45) is 0 Å². The Kier molecular flexibility index (Phi) is 5.01. The number of carbonyl (C=O) groups excluding carboxylic acids is 1. The van der Waals surface area contributed by atoms with Crippen molar-refractivity contribution in [3.05, 3.63) is 59.7 Å². The monoisotopic (exact) mass is 365 g/mol. The molecule has 0 aliphatic heterocycles. The fraction of sp³-hybridized carbons (Fsp3) is 0.250. The summed E-state index contributed by atoms with van der Waals surface area (Å²) < 4.78 is 4.11. The first kappa shape index (κ1) is 16.1. The molecule has 3 aromatic carbocycles. The Morgan fingerprint density at radius 2 is 1.61 bits per heavy atom. The number of aryl methyl sites for hydroxylation is 2. The van der Waals surface area contributed by atoms with Gasteiger partial charge in [-0.25, -0.2) is 0 Å². The summed E-state index contributed by atoms with van der Waals surface area (Å²) in [6, 6.07) is 18.0. The van der Waals surface area contributed by atoms with Crippen LogP contribution in [0.25, 0.3) is 21.5 Å². The summed E-state index contributed by atoms with van der Waals surface area (Å²) in [7, 11) is 0. The molecule has 0 amide bonds. The second kappa shape index (κ2) is 7.18. The second-order valence-corrected chi connectivity index (χ2v) is 6.31. The van der Waals surface area contributed by atoms with Gasteiger partial charge in [0, 0.05) is 0 Å². The molecule has 1 aliphatic rings. The molecule has 115 valence electrons. The van der Waals surface area contributed by atoms with Crippen molar-refractivity contribution >= 4 is 44.4 Å². The molecule has 3 aromatic rings. The molecule has 0 bridgehead atoms. The normalized spacial score (nSPS) is 13.1. The van der Waals surface area contributed by atoms with Crippen molar-refractivity contribution in [1.29, 1.82) is 0 Å². The van der Waals surface area contributed by atoms with E-state index in [1.54, 1.807) is 11.1 Å². The Labute approximate surface area is 145 Å². The van der Waals surface area contributed by atoms with E-state index in [1.807, 2.05) is 0 Å². The second-order valence-electron chi connectivity index (χ2n) is 5.89. The Morgan fingerprint density at radius 3 is 2.39 bits per heavy atom. The quantitative estimate of drug-likeness (QED) is 0.434. The van der Waals surface area contributed by atoms with Crippen LogP contribution in [-0.4, -0.2) is 22.8 Å². The van der Waals surface area contributed by atoms with Gasteiger partial charge in [-0.15, -0.1) is 0 Å². The maximum Gasteiger partial charge on any atom is -0.0102 e. The Balaban J connectivity index is 0.000000276. The van der Waals surface area contributed by atoms with Crippen LogP contribution in [0.15, 0.2) is 48.5 Å². The molecule has 23 heavy (non-hydrogen) atoms. The molecule has 0 heterocycles. The molecule has 2 nitrogen and oxygen atoms in total. The van der Waals surface area contributed by atoms with Crippen LogP contribution in [0.1, 0.15) is 30.9 Å². The largest absolute Gasteiger partial charge is 0.0616 e. The molecule has 0 unspecified atom stereocenters. The Hall–Kier alpha value is -1.81. The Morgan fingerprint density at radius 1 is 0.913 bits per heavy atom. The van der Waals surface area contributed by atoms with Crippen LogP contribution < -0.4 is 0 Å². The Bertz CT molecular complexity index is 855. The van der Waals surface area contributed by atoms with Gasteiger partial charge >= 0.3 is 38.3 Å². The van der Waals surface area contributed by atoms with Crippen molar-refractivity contribution in [2.75, 3.05) is 0 Å². The van der Waals surface area contributed by atoms with Crippen molar-refractivity contribution in [2.45, 2.75) is 32.6 Å². The number of rotatable bonds is 0. The molecule has 0 saturated heterocycles. The van der Waals surface area contributed by atoms with Gasteiger partial charge in [-0.1, -0.05) is 48.5 Å². The minimum absolute atomic E-state index is 0.245. The minimum atomic E-state index is -0.245. The zero-order chi connectivity index (χ0) is 16.2. The van der Waals surface area contributed by atoms with Gasteiger partial charge in [0.2, 0.25) is 0 Å². The molecule has 3 heteroatoms. The number of hydrogen-bond acceptors (Lipinski definition) is 2. The predicted octanol–water partition coefficient (Wildman–Crippen LogP) is 4.50. The number of hydrogen-bond donors (Lipinski definition) is 0. The third-order valence-corrected chi connectivity index (χ3v) is 5.00. The summed E-state index contributed by atoms with van der Waals surface area (Å²) in [6.07, 6.45) is 5.22. The fourth-order valence-electron chi connectivity index (χ4n) is 3.34. The topological polar surface area (TPSA) is 26.3 Å². The molecule has 1 aliphatic carbocycles. The average Bonchev–Trinajstić information content (AvgIpc) is 2.61. The molecular weight excluding hydrogens is 345 g/mol. The third-order valence-electron chi connectivity index (χ3n) is 4.40. The first-order valence-electron chi connectivity index (χ1n) is 7.97. The van der Waals surface area contributed by atoms with Crippen LogP contribution in [0, 0.1) is 0 Å². The third kappa shape index (κ3) is 3.42. The van der Waals surface area contributed by atoms with E-state index in [0.717, 1.165) is 0 Å². The minimum Gasteiger partial charge on any atom is -0.0616 e. The van der Waals surface area contributed by atoms with Crippen molar-refractivity contribution in [3.63, 3.8) is 0 Å². The van der Waals surface area contributed by atoms with Gasteiger partial charge in [0.25, 0.3) is 0 Å². The van der Waals surface area contributed by atoms with Crippen molar-refractivity contribution < 1.29 is 8.56 Å². The molecule has 4 rings (SSSR count). The van der Waals surface area contributed by atoms with Crippen LogP contribution in [0.2, 0.25) is 0 Å². The maximum atomic E-state index is 9.59. The molecule has 0 aromatic heterocycles. The summed E-state index contributed by atoms with van der Waals surface area (Å²) in [6.45, 7) is 1.36. The smallest absolute Gasteiger partial charge is 0.0102 e. The van der Waals surface area contributed by atoms with E-state index in [2.05, 4.69) is 52.3 Å². The van der Waals surface area contributed by atoms with E-state index >= 15 is 0 Å². The zero-order valence-corrected chi connectivity index (χ0v) is 15.4. The van der Waals surface area contributed by atoms with Gasteiger partial charge in [0.15, 0.2) is 0 Å². The summed E-state index contributed by atoms with van der Waals surface area (Å²) in [5, 5.41) is 5.64. The van der Waals surface area contributed by atoms with Crippen molar-refractivity contribution in [1.82, 2.24) is 0 Å². The average molecular weight is 364 g/mol. The molecular formula is C20H19GeO2. The first-order valence-corrected chi connectivity index (χ1v) is 8.82. The van der Waals surface area contributed by atoms with Crippen LogP contribution in [0.3, 0.4) is 0 Å². The molecule has 0 N–H and O–H groups in total. The van der Waals surface area contributed by atoms with Crippen LogP contribution in [-0.2, 0) is 21.4 Å². The van der Waals surface area contributed by atoms with Gasteiger partial charge in [-0.3, -0.25) is 0 Å². The number of benzene rings is 3. The molecule has 0 atom stereocenters. The van der Waals surface area contributed by atoms with Gasteiger partial charge in [0.05, 0.1) is 0 Å². The maximum absolute atomic E-state index is 9.59. The van der Waals surface area contributed by atoms with Gasteiger partial charge in [-0.2, -0.15) is 0 Å². The number of fused-ring (bicyclic) bond motifs is 5. The van der Waals surface area contributed by atoms with E-state index < -0.39 is 0 Å². The summed E-state index contributed by atoms with van der Waals surface area (Å²) in [5.41, 5.74) is 3.17. The van der Waals surface area contributed by atoms with Crippen LogP contribution >= 0.6 is 0 Å². The van der Waals surface area contributed by atoms with E-state index in [9.17, 15) is 4.79 Å². The van der Waals surface area contributed by atoms with Gasteiger partial charge < -0.3 is 0 Å². The molecule has 0 spiro atoms. The predicted molar refractivity (Wildman–Crippen MR) is 95.6 cm³/mol.